The van der Waals surface area contributed by atoms with Gasteiger partial charge in [0.2, 0.25) is 0 Å². The second-order valence-electron chi connectivity index (χ2n) is 5.08. The fraction of sp³-hybridized carbons (Fsp3) is 0.200. The Morgan fingerprint density at radius 3 is 2.64 bits per heavy atom. The van der Waals surface area contributed by atoms with Gasteiger partial charge in [0, 0.05) is 4.92 Å². The van der Waals surface area contributed by atoms with Gasteiger partial charge in [0.1, 0.15) is 12.2 Å². The first kappa shape index (κ1) is 18.3. The van der Waals surface area contributed by atoms with E-state index >= 15 is 0 Å². The number of hydrogen-bond acceptors (Lipinski definition) is 7. The van der Waals surface area contributed by atoms with Crippen LogP contribution in [-0.2, 0) is 25.1 Å². The number of amides is 1. The standard InChI is InChI=1S/C15H14N2O7S/c1-24-14(19)16-25(22,23)13-8-3-2-7-12(13)15(17(20)21)9-5-4-6-11(15)10-18/h2-11H,1H3,(H,16,19). The van der Waals surface area contributed by atoms with Crippen LogP contribution in [0.3, 0.4) is 0 Å². The minimum absolute atomic E-state index is 0.242. The monoisotopic (exact) mass is 366 g/mol. The predicted molar refractivity (Wildman–Crippen MR) is 85.7 cm³/mol. The molecule has 0 fully saturated rings. The van der Waals surface area contributed by atoms with Crippen molar-refractivity contribution in [2.45, 2.75) is 10.4 Å². The lowest BCUT2D eigenvalue weighted by molar-refractivity contribution is -0.569. The number of sulfonamides is 1. The Balaban J connectivity index is 2.73. The van der Waals surface area contributed by atoms with Crippen molar-refractivity contribution in [1.29, 1.82) is 0 Å². The summed E-state index contributed by atoms with van der Waals surface area (Å²) in [5, 5.41) is 11.9. The third-order valence-electron chi connectivity index (χ3n) is 3.75. The molecule has 25 heavy (non-hydrogen) atoms. The predicted octanol–water partition coefficient (Wildman–Crippen LogP) is 1.14. The largest absolute Gasteiger partial charge is 0.452 e. The Morgan fingerprint density at radius 2 is 2.04 bits per heavy atom. The van der Waals surface area contributed by atoms with E-state index in [2.05, 4.69) is 4.74 Å². The van der Waals surface area contributed by atoms with Crippen molar-refractivity contribution in [3.05, 3.63) is 64.2 Å². The van der Waals surface area contributed by atoms with E-state index < -0.39 is 37.4 Å². The maximum absolute atomic E-state index is 12.5. The molecular weight excluding hydrogens is 352 g/mol. The van der Waals surface area contributed by atoms with Gasteiger partial charge in [0.05, 0.1) is 17.6 Å². The van der Waals surface area contributed by atoms with Crippen molar-refractivity contribution in [2.24, 2.45) is 5.92 Å². The SMILES string of the molecule is COC(=O)NS(=O)(=O)c1ccccc1C1([N+](=O)[O-])C=CC=CC1C=O. The Morgan fingerprint density at radius 1 is 1.36 bits per heavy atom. The molecule has 2 atom stereocenters. The number of nitro groups is 1. The van der Waals surface area contributed by atoms with E-state index in [1.165, 1.54) is 36.4 Å². The Bertz CT molecular complexity index is 876. The van der Waals surface area contributed by atoms with Gasteiger partial charge in [0.15, 0.2) is 0 Å². The van der Waals surface area contributed by atoms with Crippen LogP contribution in [0.4, 0.5) is 4.79 Å². The van der Waals surface area contributed by atoms with Crippen LogP contribution in [0.15, 0.2) is 53.5 Å². The van der Waals surface area contributed by atoms with Crippen molar-refractivity contribution in [3.63, 3.8) is 0 Å². The average Bonchev–Trinajstić information content (AvgIpc) is 2.60. The van der Waals surface area contributed by atoms with Crippen LogP contribution in [0.2, 0.25) is 0 Å². The molecule has 1 aromatic rings. The van der Waals surface area contributed by atoms with Crippen LogP contribution in [0.5, 0.6) is 0 Å². The minimum Gasteiger partial charge on any atom is -0.452 e. The molecule has 0 spiro atoms. The summed E-state index contributed by atoms with van der Waals surface area (Å²) < 4.78 is 30.8. The lowest BCUT2D eigenvalue weighted by atomic mass is 9.76. The number of nitrogens with zero attached hydrogens (tertiary/aromatic N) is 1. The van der Waals surface area contributed by atoms with E-state index in [1.54, 1.807) is 4.72 Å². The molecule has 0 aromatic heterocycles. The van der Waals surface area contributed by atoms with E-state index in [-0.39, 0.29) is 5.56 Å². The van der Waals surface area contributed by atoms with Gasteiger partial charge in [-0.2, -0.15) is 0 Å². The van der Waals surface area contributed by atoms with Crippen LogP contribution >= 0.6 is 0 Å². The number of benzene rings is 1. The minimum atomic E-state index is -4.46. The van der Waals surface area contributed by atoms with Crippen LogP contribution < -0.4 is 4.72 Å². The number of rotatable bonds is 5. The van der Waals surface area contributed by atoms with E-state index in [4.69, 9.17) is 0 Å². The molecule has 0 heterocycles. The molecule has 0 saturated carbocycles. The Hall–Kier alpha value is -3.01. The normalized spacial score (nSPS) is 22.2. The summed E-state index contributed by atoms with van der Waals surface area (Å²) in [4.78, 5) is 33.3. The van der Waals surface area contributed by atoms with Crippen molar-refractivity contribution in [1.82, 2.24) is 4.72 Å². The van der Waals surface area contributed by atoms with Crippen LogP contribution in [0, 0.1) is 16.0 Å². The Kier molecular flexibility index (Phi) is 5.02. The van der Waals surface area contributed by atoms with E-state index in [9.17, 15) is 28.1 Å². The van der Waals surface area contributed by atoms with Crippen molar-refractivity contribution < 1.29 is 27.7 Å². The highest BCUT2D eigenvalue weighted by Gasteiger charge is 2.52. The highest BCUT2D eigenvalue weighted by Crippen LogP contribution is 2.40. The molecule has 0 bridgehead atoms. The first-order valence-corrected chi connectivity index (χ1v) is 8.44. The second-order valence-corrected chi connectivity index (χ2v) is 6.73. The van der Waals surface area contributed by atoms with Crippen LogP contribution in [0.25, 0.3) is 0 Å². The third-order valence-corrected chi connectivity index (χ3v) is 5.12. The van der Waals surface area contributed by atoms with Gasteiger partial charge in [-0.05, 0) is 12.1 Å². The number of aldehydes is 1. The van der Waals surface area contributed by atoms with E-state index in [0.717, 1.165) is 19.3 Å². The molecule has 1 aliphatic carbocycles. The zero-order valence-electron chi connectivity index (χ0n) is 13.0. The highest BCUT2D eigenvalue weighted by molar-refractivity contribution is 7.90. The molecule has 1 amide bonds. The van der Waals surface area contributed by atoms with Crippen molar-refractivity contribution in [2.75, 3.05) is 7.11 Å². The van der Waals surface area contributed by atoms with Gasteiger partial charge in [-0.3, -0.25) is 10.1 Å². The number of nitrogens with one attached hydrogen (secondary N) is 1. The first-order valence-electron chi connectivity index (χ1n) is 6.95. The maximum atomic E-state index is 12.5. The molecule has 10 heteroatoms. The van der Waals surface area contributed by atoms with E-state index in [1.807, 2.05) is 0 Å². The first-order chi connectivity index (χ1) is 11.8. The molecule has 2 rings (SSSR count). The molecule has 1 aromatic carbocycles. The van der Waals surface area contributed by atoms with E-state index in [0.29, 0.717) is 6.29 Å². The summed E-state index contributed by atoms with van der Waals surface area (Å²) in [6.07, 6.45) is 4.42. The van der Waals surface area contributed by atoms with Crippen LogP contribution in [0.1, 0.15) is 5.56 Å². The highest BCUT2D eigenvalue weighted by atomic mass is 32.2. The lowest BCUT2D eigenvalue weighted by Gasteiger charge is -2.29. The lowest BCUT2D eigenvalue weighted by Crippen LogP contribution is -2.44. The second kappa shape index (κ2) is 6.85. The topological polar surface area (TPSA) is 133 Å². The maximum Gasteiger partial charge on any atom is 0.420 e. The van der Waals surface area contributed by atoms with Crippen molar-refractivity contribution in [3.8, 4) is 0 Å². The number of methoxy groups -OCH3 is 1. The number of carbonyl (C=O) groups is 2. The summed E-state index contributed by atoms with van der Waals surface area (Å²) in [6.45, 7) is 0. The summed E-state index contributed by atoms with van der Waals surface area (Å²) in [5.41, 5.74) is -2.35. The number of hydrogen-bond donors (Lipinski definition) is 1. The summed E-state index contributed by atoms with van der Waals surface area (Å²) in [6, 6.07) is 5.10. The molecule has 1 aliphatic rings. The third kappa shape index (κ3) is 3.15. The quantitative estimate of drug-likeness (QED) is 0.469. The van der Waals surface area contributed by atoms with Crippen LogP contribution in [-0.4, -0.2) is 32.8 Å². The van der Waals surface area contributed by atoms with Gasteiger partial charge >= 0.3 is 6.09 Å². The summed E-state index contributed by atoms with van der Waals surface area (Å²) >= 11 is 0. The van der Waals surface area contributed by atoms with Gasteiger partial charge < -0.3 is 9.53 Å². The van der Waals surface area contributed by atoms with Crippen molar-refractivity contribution >= 4 is 22.4 Å². The summed E-state index contributed by atoms with van der Waals surface area (Å²) in [5.74, 6) is -1.22. The number of allylic oxidation sites excluding steroid dienone is 2. The fourth-order valence-electron chi connectivity index (χ4n) is 2.58. The van der Waals surface area contributed by atoms with Gasteiger partial charge in [-0.25, -0.2) is 17.9 Å². The number of carbonyl (C=O) groups excluding carboxylic acids is 2. The molecule has 1 N–H and O–H groups in total. The molecule has 132 valence electrons. The average molecular weight is 366 g/mol. The molecule has 2 unspecified atom stereocenters. The molecule has 9 nitrogen and oxygen atoms in total. The molecule has 0 saturated heterocycles. The van der Waals surface area contributed by atoms with Gasteiger partial charge in [0.25, 0.3) is 15.6 Å². The fourth-order valence-corrected chi connectivity index (χ4v) is 3.77. The summed E-state index contributed by atoms with van der Waals surface area (Å²) in [7, 11) is -3.48. The molecule has 0 radical (unpaired) electrons. The van der Waals surface area contributed by atoms with Gasteiger partial charge in [-0.1, -0.05) is 36.4 Å². The number of ether oxygens (including phenoxy) is 1. The smallest absolute Gasteiger partial charge is 0.420 e. The molecular formula is C15H14N2O7S. The zero-order chi connectivity index (χ0) is 18.7. The zero-order valence-corrected chi connectivity index (χ0v) is 13.8. The van der Waals surface area contributed by atoms with Gasteiger partial charge in [-0.15, -0.1) is 0 Å². The Labute approximate surface area is 143 Å². The molecule has 0 aliphatic heterocycles.